The number of benzene rings is 2. The van der Waals surface area contributed by atoms with Crippen molar-refractivity contribution in [1.29, 1.82) is 0 Å². The first-order valence-corrected chi connectivity index (χ1v) is 5.92. The fraction of sp³-hybridized carbons (Fsp3) is 0.0625. The maximum atomic E-state index is 13.6. The molecule has 0 bridgehead atoms. The van der Waals surface area contributed by atoms with E-state index in [1.807, 2.05) is 0 Å². The van der Waals surface area contributed by atoms with Crippen LogP contribution in [-0.2, 0) is 0 Å². The van der Waals surface area contributed by atoms with Crippen LogP contribution in [0.5, 0.6) is 5.75 Å². The van der Waals surface area contributed by atoms with Crippen LogP contribution in [0.2, 0.25) is 0 Å². The molecule has 0 fully saturated rings. The minimum atomic E-state index is -0.610. The average molecular weight is 274 g/mol. The molecule has 0 aliphatic carbocycles. The van der Waals surface area contributed by atoms with Gasteiger partial charge in [-0.1, -0.05) is 24.8 Å². The lowest BCUT2D eigenvalue weighted by molar-refractivity contribution is 0.111. The first-order chi connectivity index (χ1) is 9.61. The minimum absolute atomic E-state index is 0.00735. The van der Waals surface area contributed by atoms with Crippen LogP contribution in [0.3, 0.4) is 0 Å². The van der Waals surface area contributed by atoms with Crippen LogP contribution in [0, 0.1) is 11.6 Å². The first-order valence-electron chi connectivity index (χ1n) is 5.92. The second kappa shape index (κ2) is 6.10. The lowest BCUT2D eigenvalue weighted by atomic mass is 10.1. The van der Waals surface area contributed by atoms with Crippen molar-refractivity contribution in [3.8, 4) is 5.75 Å². The van der Waals surface area contributed by atoms with Crippen molar-refractivity contribution >= 4 is 11.9 Å². The van der Waals surface area contributed by atoms with Gasteiger partial charge in [-0.2, -0.15) is 0 Å². The molecule has 0 spiro atoms. The maximum Gasteiger partial charge on any atom is 0.165 e. The Morgan fingerprint density at radius 2 is 1.85 bits per heavy atom. The summed E-state index contributed by atoms with van der Waals surface area (Å²) in [4.78, 5) is 10.8. The lowest BCUT2D eigenvalue weighted by Gasteiger charge is -2.11. The lowest BCUT2D eigenvalue weighted by Crippen LogP contribution is -2.04. The molecule has 4 heteroatoms. The average Bonchev–Trinajstić information content (AvgIpc) is 2.46. The highest BCUT2D eigenvalue weighted by Gasteiger charge is 2.10. The zero-order valence-corrected chi connectivity index (χ0v) is 10.6. The number of hydrogen-bond donors (Lipinski definition) is 0. The van der Waals surface area contributed by atoms with E-state index in [0.717, 1.165) is 0 Å². The van der Waals surface area contributed by atoms with E-state index in [1.165, 1.54) is 30.3 Å². The Morgan fingerprint density at radius 3 is 2.50 bits per heavy atom. The predicted octanol–water partition coefficient (Wildman–Crippen LogP) is 3.87. The Bertz CT molecular complexity index is 633. The third-order valence-corrected chi connectivity index (χ3v) is 2.77. The fourth-order valence-corrected chi connectivity index (χ4v) is 1.70. The predicted molar refractivity (Wildman–Crippen MR) is 72.7 cm³/mol. The van der Waals surface area contributed by atoms with E-state index < -0.39 is 5.82 Å². The van der Waals surface area contributed by atoms with Gasteiger partial charge in [0.1, 0.15) is 12.4 Å². The molecule has 0 saturated heterocycles. The minimum Gasteiger partial charge on any atom is -0.485 e. The largest absolute Gasteiger partial charge is 0.485 e. The number of aldehydes is 1. The first kappa shape index (κ1) is 13.9. The van der Waals surface area contributed by atoms with Crippen molar-refractivity contribution in [2.45, 2.75) is 0 Å². The molecular weight excluding hydrogens is 262 g/mol. The third kappa shape index (κ3) is 3.09. The van der Waals surface area contributed by atoms with Gasteiger partial charge >= 0.3 is 0 Å². The number of hydrogen-bond acceptors (Lipinski definition) is 2. The van der Waals surface area contributed by atoms with Crippen LogP contribution in [0.1, 0.15) is 15.9 Å². The number of carbonyl (C=O) groups excluding carboxylic acids is 1. The molecule has 2 aromatic rings. The van der Waals surface area contributed by atoms with Crippen molar-refractivity contribution in [2.24, 2.45) is 0 Å². The Kier molecular flexibility index (Phi) is 4.25. The van der Waals surface area contributed by atoms with E-state index in [1.54, 1.807) is 12.1 Å². The smallest absolute Gasteiger partial charge is 0.165 e. The number of ether oxygens (including phenoxy) is 1. The Hall–Kier alpha value is -2.49. The normalized spacial score (nSPS) is 10.1. The number of carbonyl (C=O) groups is 1. The zero-order valence-electron chi connectivity index (χ0n) is 10.6. The zero-order chi connectivity index (χ0) is 14.5. The standard InChI is InChI=1S/C16H12F2O2/c1-11(12-5-7-14(17)8-6-12)10-20-16-13(9-19)3-2-4-15(16)18/h2-9H,1,10H2. The Morgan fingerprint density at radius 1 is 1.15 bits per heavy atom. The van der Waals surface area contributed by atoms with Gasteiger partial charge in [0.15, 0.2) is 17.9 Å². The van der Waals surface area contributed by atoms with Crippen LogP contribution >= 0.6 is 0 Å². The van der Waals surface area contributed by atoms with E-state index >= 15 is 0 Å². The molecule has 102 valence electrons. The van der Waals surface area contributed by atoms with Gasteiger partial charge in [0, 0.05) is 0 Å². The summed E-state index contributed by atoms with van der Waals surface area (Å²) in [7, 11) is 0. The van der Waals surface area contributed by atoms with Gasteiger partial charge in [0.05, 0.1) is 5.56 Å². The molecule has 0 radical (unpaired) electrons. The van der Waals surface area contributed by atoms with Crippen LogP contribution in [-0.4, -0.2) is 12.9 Å². The summed E-state index contributed by atoms with van der Waals surface area (Å²) in [5.74, 6) is -1.06. The van der Waals surface area contributed by atoms with Crippen molar-refractivity contribution in [3.05, 3.63) is 71.8 Å². The molecule has 2 rings (SSSR count). The van der Waals surface area contributed by atoms with Gasteiger partial charge in [-0.15, -0.1) is 0 Å². The van der Waals surface area contributed by atoms with Crippen LogP contribution in [0.25, 0.3) is 5.57 Å². The van der Waals surface area contributed by atoms with Crippen LogP contribution < -0.4 is 4.74 Å². The van der Waals surface area contributed by atoms with E-state index in [4.69, 9.17) is 4.74 Å². The molecule has 2 aromatic carbocycles. The molecule has 2 nitrogen and oxygen atoms in total. The van der Waals surface area contributed by atoms with Gasteiger partial charge in [0.2, 0.25) is 0 Å². The molecule has 0 unspecified atom stereocenters. The van der Waals surface area contributed by atoms with Crippen molar-refractivity contribution < 1.29 is 18.3 Å². The van der Waals surface area contributed by atoms with Gasteiger partial charge in [-0.25, -0.2) is 8.78 Å². The maximum absolute atomic E-state index is 13.6. The number of para-hydroxylation sites is 1. The van der Waals surface area contributed by atoms with Crippen LogP contribution in [0.15, 0.2) is 49.0 Å². The van der Waals surface area contributed by atoms with E-state index in [-0.39, 0.29) is 23.7 Å². The van der Waals surface area contributed by atoms with E-state index in [9.17, 15) is 13.6 Å². The van der Waals surface area contributed by atoms with Crippen molar-refractivity contribution in [3.63, 3.8) is 0 Å². The fourth-order valence-electron chi connectivity index (χ4n) is 1.70. The van der Waals surface area contributed by atoms with Gasteiger partial charge in [-0.05, 0) is 35.4 Å². The highest BCUT2D eigenvalue weighted by molar-refractivity contribution is 5.79. The topological polar surface area (TPSA) is 26.3 Å². The molecule has 0 aliphatic rings. The summed E-state index contributed by atoms with van der Waals surface area (Å²) >= 11 is 0. The second-order valence-corrected chi connectivity index (χ2v) is 4.18. The summed E-state index contributed by atoms with van der Waals surface area (Å²) in [6.45, 7) is 3.80. The molecule has 0 atom stereocenters. The molecule has 0 N–H and O–H groups in total. The highest BCUT2D eigenvalue weighted by Crippen LogP contribution is 2.23. The second-order valence-electron chi connectivity index (χ2n) is 4.18. The summed E-state index contributed by atoms with van der Waals surface area (Å²) in [5.41, 5.74) is 1.39. The van der Waals surface area contributed by atoms with Crippen molar-refractivity contribution in [2.75, 3.05) is 6.61 Å². The molecule has 0 heterocycles. The van der Waals surface area contributed by atoms with E-state index in [0.29, 0.717) is 17.4 Å². The SMILES string of the molecule is C=C(COc1c(F)cccc1C=O)c1ccc(F)cc1. The summed E-state index contributed by atoms with van der Waals surface area (Å²) in [6.07, 6.45) is 0.527. The summed E-state index contributed by atoms with van der Waals surface area (Å²) in [5, 5.41) is 0. The number of rotatable bonds is 5. The molecule has 20 heavy (non-hydrogen) atoms. The molecule has 0 aromatic heterocycles. The molecule has 0 amide bonds. The molecule has 0 aliphatic heterocycles. The van der Waals surface area contributed by atoms with Gasteiger partial charge in [0.25, 0.3) is 0 Å². The third-order valence-electron chi connectivity index (χ3n) is 2.77. The monoisotopic (exact) mass is 274 g/mol. The van der Waals surface area contributed by atoms with Crippen molar-refractivity contribution in [1.82, 2.24) is 0 Å². The number of halogens is 2. The summed E-state index contributed by atoms with van der Waals surface area (Å²) < 4.78 is 31.7. The van der Waals surface area contributed by atoms with Gasteiger partial charge < -0.3 is 4.74 Å². The molecule has 0 saturated carbocycles. The van der Waals surface area contributed by atoms with Crippen LogP contribution in [0.4, 0.5) is 8.78 Å². The Balaban J connectivity index is 2.11. The Labute approximate surface area is 115 Å². The summed E-state index contributed by atoms with van der Waals surface area (Å²) in [6, 6.07) is 9.84. The quantitative estimate of drug-likeness (QED) is 0.774. The molecular formula is C16H12F2O2. The van der Waals surface area contributed by atoms with Gasteiger partial charge in [-0.3, -0.25) is 4.79 Å². The highest BCUT2D eigenvalue weighted by atomic mass is 19.1. The van der Waals surface area contributed by atoms with E-state index in [2.05, 4.69) is 6.58 Å².